The van der Waals surface area contributed by atoms with Crippen LogP contribution >= 0.6 is 0 Å². The molecule has 0 aliphatic rings. The van der Waals surface area contributed by atoms with Gasteiger partial charge in [0.25, 0.3) is 0 Å². The van der Waals surface area contributed by atoms with Crippen LogP contribution in [0.4, 0.5) is 5.69 Å². The molecular weight excluding hydrogens is 286 g/mol. The molecule has 4 heteroatoms. The molecule has 118 valence electrons. The SMILES string of the molecule is CCCC(C)C(=O)Nc1ccc(-c2nc3ccccc3[nH]2)cc1. The molecule has 1 aromatic heterocycles. The highest BCUT2D eigenvalue weighted by Crippen LogP contribution is 2.22. The molecule has 23 heavy (non-hydrogen) atoms. The topological polar surface area (TPSA) is 57.8 Å². The molecule has 2 N–H and O–H groups in total. The first-order valence-electron chi connectivity index (χ1n) is 8.03. The van der Waals surface area contributed by atoms with Gasteiger partial charge < -0.3 is 10.3 Å². The van der Waals surface area contributed by atoms with Crippen LogP contribution in [0.25, 0.3) is 22.4 Å². The van der Waals surface area contributed by atoms with Crippen LogP contribution in [0, 0.1) is 5.92 Å². The van der Waals surface area contributed by atoms with Crippen molar-refractivity contribution in [3.05, 3.63) is 48.5 Å². The Hall–Kier alpha value is -2.62. The number of amides is 1. The molecule has 1 unspecified atom stereocenters. The van der Waals surface area contributed by atoms with Crippen molar-refractivity contribution in [2.45, 2.75) is 26.7 Å². The number of benzene rings is 2. The number of nitrogens with zero attached hydrogens (tertiary/aromatic N) is 1. The van der Waals surface area contributed by atoms with Crippen molar-refractivity contribution in [2.24, 2.45) is 5.92 Å². The molecule has 2 aromatic carbocycles. The quantitative estimate of drug-likeness (QED) is 0.723. The second-order valence-corrected chi connectivity index (χ2v) is 5.86. The Morgan fingerprint density at radius 1 is 1.17 bits per heavy atom. The maximum absolute atomic E-state index is 12.0. The monoisotopic (exact) mass is 307 g/mol. The molecule has 3 rings (SSSR count). The van der Waals surface area contributed by atoms with Crippen molar-refractivity contribution in [1.82, 2.24) is 9.97 Å². The largest absolute Gasteiger partial charge is 0.338 e. The summed E-state index contributed by atoms with van der Waals surface area (Å²) in [7, 11) is 0. The van der Waals surface area contributed by atoms with Gasteiger partial charge in [-0.2, -0.15) is 0 Å². The fraction of sp³-hybridized carbons (Fsp3) is 0.263. The highest BCUT2D eigenvalue weighted by atomic mass is 16.1. The standard InChI is InChI=1S/C19H21N3O/c1-3-6-13(2)19(23)20-15-11-9-14(10-12-15)18-21-16-7-4-5-8-17(16)22-18/h4-5,7-13H,3,6H2,1-2H3,(H,20,23)(H,21,22). The molecule has 0 aliphatic carbocycles. The first-order valence-corrected chi connectivity index (χ1v) is 8.03. The third-order valence-corrected chi connectivity index (χ3v) is 3.98. The van der Waals surface area contributed by atoms with E-state index in [4.69, 9.17) is 0 Å². The van der Waals surface area contributed by atoms with Crippen LogP contribution in [0.15, 0.2) is 48.5 Å². The van der Waals surface area contributed by atoms with Crippen LogP contribution in [0.5, 0.6) is 0 Å². The number of imidazole rings is 1. The van der Waals surface area contributed by atoms with E-state index in [9.17, 15) is 4.79 Å². The number of aromatic nitrogens is 2. The van der Waals surface area contributed by atoms with Gasteiger partial charge in [0.15, 0.2) is 0 Å². The van der Waals surface area contributed by atoms with Gasteiger partial charge in [0.2, 0.25) is 5.91 Å². The number of nitrogens with one attached hydrogen (secondary N) is 2. The van der Waals surface area contributed by atoms with Crippen LogP contribution in [-0.4, -0.2) is 15.9 Å². The molecule has 0 bridgehead atoms. The van der Waals surface area contributed by atoms with E-state index >= 15 is 0 Å². The first-order chi connectivity index (χ1) is 11.2. The van der Waals surface area contributed by atoms with Crippen LogP contribution < -0.4 is 5.32 Å². The smallest absolute Gasteiger partial charge is 0.227 e. The average Bonchev–Trinajstić information content (AvgIpc) is 2.99. The molecule has 0 saturated heterocycles. The molecule has 0 radical (unpaired) electrons. The maximum Gasteiger partial charge on any atom is 0.227 e. The summed E-state index contributed by atoms with van der Waals surface area (Å²) in [4.78, 5) is 19.9. The van der Waals surface area contributed by atoms with E-state index in [2.05, 4.69) is 22.2 Å². The molecular formula is C19H21N3O. The number of para-hydroxylation sites is 2. The lowest BCUT2D eigenvalue weighted by Gasteiger charge is -2.11. The first kappa shape index (κ1) is 15.3. The van der Waals surface area contributed by atoms with Crippen molar-refractivity contribution in [3.63, 3.8) is 0 Å². The molecule has 0 saturated carbocycles. The van der Waals surface area contributed by atoms with E-state index in [0.29, 0.717) is 0 Å². The lowest BCUT2D eigenvalue weighted by molar-refractivity contribution is -0.119. The minimum absolute atomic E-state index is 0.0371. The second-order valence-electron chi connectivity index (χ2n) is 5.86. The van der Waals surface area contributed by atoms with Crippen molar-refractivity contribution in [3.8, 4) is 11.4 Å². The summed E-state index contributed by atoms with van der Waals surface area (Å²) in [6.45, 7) is 4.05. The van der Waals surface area contributed by atoms with Gasteiger partial charge in [-0.25, -0.2) is 4.98 Å². The zero-order valence-corrected chi connectivity index (χ0v) is 13.5. The number of rotatable bonds is 5. The number of carbonyl (C=O) groups excluding carboxylic acids is 1. The second kappa shape index (κ2) is 6.65. The summed E-state index contributed by atoms with van der Waals surface area (Å²) in [6, 6.07) is 15.7. The summed E-state index contributed by atoms with van der Waals surface area (Å²) in [5.41, 5.74) is 3.79. The number of anilines is 1. The zero-order valence-electron chi connectivity index (χ0n) is 13.5. The van der Waals surface area contributed by atoms with E-state index in [1.807, 2.05) is 55.5 Å². The van der Waals surface area contributed by atoms with Gasteiger partial charge in [-0.15, -0.1) is 0 Å². The van der Waals surface area contributed by atoms with Crippen LogP contribution in [-0.2, 0) is 4.79 Å². The van der Waals surface area contributed by atoms with Crippen LogP contribution in [0.2, 0.25) is 0 Å². The van der Waals surface area contributed by atoms with Crippen molar-refractivity contribution in [2.75, 3.05) is 5.32 Å². The Labute approximate surface area is 136 Å². The molecule has 1 amide bonds. The lowest BCUT2D eigenvalue weighted by Crippen LogP contribution is -2.20. The number of carbonyl (C=O) groups is 1. The Balaban J connectivity index is 1.75. The average molecular weight is 307 g/mol. The minimum Gasteiger partial charge on any atom is -0.338 e. The Bertz CT molecular complexity index is 772. The molecule has 4 nitrogen and oxygen atoms in total. The third kappa shape index (κ3) is 3.42. The van der Waals surface area contributed by atoms with Gasteiger partial charge in [-0.05, 0) is 42.8 Å². The van der Waals surface area contributed by atoms with E-state index in [0.717, 1.165) is 41.0 Å². The third-order valence-electron chi connectivity index (χ3n) is 3.98. The van der Waals surface area contributed by atoms with Crippen molar-refractivity contribution in [1.29, 1.82) is 0 Å². The van der Waals surface area contributed by atoms with E-state index < -0.39 is 0 Å². The number of fused-ring (bicyclic) bond motifs is 1. The fourth-order valence-corrected chi connectivity index (χ4v) is 2.63. The number of H-pyrrole nitrogens is 1. The molecule has 1 heterocycles. The van der Waals surface area contributed by atoms with Gasteiger partial charge in [-0.3, -0.25) is 4.79 Å². The predicted octanol–water partition coefficient (Wildman–Crippen LogP) is 4.60. The van der Waals surface area contributed by atoms with Gasteiger partial charge in [0, 0.05) is 17.2 Å². The summed E-state index contributed by atoms with van der Waals surface area (Å²) < 4.78 is 0. The number of hydrogen-bond acceptors (Lipinski definition) is 2. The molecule has 3 aromatic rings. The number of hydrogen-bond donors (Lipinski definition) is 2. The predicted molar refractivity (Wildman–Crippen MR) is 94.2 cm³/mol. The summed E-state index contributed by atoms with van der Waals surface area (Å²) in [6.07, 6.45) is 1.92. The van der Waals surface area contributed by atoms with Crippen molar-refractivity contribution < 1.29 is 4.79 Å². The Morgan fingerprint density at radius 3 is 2.61 bits per heavy atom. The van der Waals surface area contributed by atoms with E-state index in [1.54, 1.807) is 0 Å². The Morgan fingerprint density at radius 2 is 1.91 bits per heavy atom. The van der Waals surface area contributed by atoms with Crippen molar-refractivity contribution >= 4 is 22.6 Å². The summed E-state index contributed by atoms with van der Waals surface area (Å²) in [5.74, 6) is 0.946. The van der Waals surface area contributed by atoms with Gasteiger partial charge >= 0.3 is 0 Å². The zero-order chi connectivity index (χ0) is 16.2. The van der Waals surface area contributed by atoms with E-state index in [1.165, 1.54) is 0 Å². The van der Waals surface area contributed by atoms with Gasteiger partial charge in [0.1, 0.15) is 5.82 Å². The van der Waals surface area contributed by atoms with Gasteiger partial charge in [0.05, 0.1) is 11.0 Å². The Kier molecular flexibility index (Phi) is 4.42. The molecule has 1 atom stereocenters. The molecule has 0 fully saturated rings. The normalized spacial score (nSPS) is 12.3. The maximum atomic E-state index is 12.0. The molecule has 0 spiro atoms. The minimum atomic E-state index is 0.0371. The summed E-state index contributed by atoms with van der Waals surface area (Å²) >= 11 is 0. The van der Waals surface area contributed by atoms with Crippen LogP contribution in [0.1, 0.15) is 26.7 Å². The highest BCUT2D eigenvalue weighted by Gasteiger charge is 2.12. The number of aromatic amines is 1. The van der Waals surface area contributed by atoms with Gasteiger partial charge in [-0.1, -0.05) is 32.4 Å². The lowest BCUT2D eigenvalue weighted by atomic mass is 10.1. The highest BCUT2D eigenvalue weighted by molar-refractivity contribution is 5.92. The van der Waals surface area contributed by atoms with E-state index in [-0.39, 0.29) is 11.8 Å². The fourth-order valence-electron chi connectivity index (χ4n) is 2.63. The summed E-state index contributed by atoms with van der Waals surface area (Å²) in [5, 5.41) is 2.96. The molecule has 0 aliphatic heterocycles. The van der Waals surface area contributed by atoms with Crippen LogP contribution in [0.3, 0.4) is 0 Å².